The van der Waals surface area contributed by atoms with Crippen molar-refractivity contribution in [3.8, 4) is 11.8 Å². The highest BCUT2D eigenvalue weighted by Crippen LogP contribution is 2.38. The van der Waals surface area contributed by atoms with Crippen molar-refractivity contribution in [3.63, 3.8) is 0 Å². The van der Waals surface area contributed by atoms with Gasteiger partial charge in [-0.25, -0.2) is 8.78 Å². The summed E-state index contributed by atoms with van der Waals surface area (Å²) in [5.41, 5.74) is -1.35. The van der Waals surface area contributed by atoms with Crippen LogP contribution in [0.1, 0.15) is 17.7 Å². The van der Waals surface area contributed by atoms with Crippen molar-refractivity contribution < 1.29 is 26.7 Å². The highest BCUT2D eigenvalue weighted by molar-refractivity contribution is 6.32. The third kappa shape index (κ3) is 3.43. The molecule has 0 amide bonds. The molecule has 0 saturated carbocycles. The van der Waals surface area contributed by atoms with E-state index in [-0.39, 0.29) is 12.0 Å². The first-order chi connectivity index (χ1) is 8.26. The molecule has 0 aromatic carbocycles. The zero-order valence-corrected chi connectivity index (χ0v) is 9.19. The van der Waals surface area contributed by atoms with E-state index < -0.39 is 29.3 Å². The summed E-state index contributed by atoms with van der Waals surface area (Å²) in [4.78, 5) is 3.13. The summed E-state index contributed by atoms with van der Waals surface area (Å²) in [6.07, 6.45) is -8.02. The summed E-state index contributed by atoms with van der Waals surface area (Å²) in [6.45, 7) is 0. The Balaban J connectivity index is 3.32. The molecule has 0 atom stereocenters. The van der Waals surface area contributed by atoms with Crippen LogP contribution < -0.4 is 4.74 Å². The smallest absolute Gasteiger partial charge is 0.402 e. The first kappa shape index (κ1) is 14.4. The minimum atomic E-state index is -5.18. The van der Waals surface area contributed by atoms with Crippen LogP contribution in [0, 0.1) is 11.3 Å². The second-order valence-electron chi connectivity index (χ2n) is 3.00. The van der Waals surface area contributed by atoms with Crippen molar-refractivity contribution in [2.24, 2.45) is 0 Å². The quantitative estimate of drug-likeness (QED) is 0.797. The highest BCUT2D eigenvalue weighted by Gasteiger charge is 2.35. The van der Waals surface area contributed by atoms with Gasteiger partial charge in [0.1, 0.15) is 0 Å². The Kier molecular flexibility index (Phi) is 4.29. The maximum absolute atomic E-state index is 12.5. The lowest BCUT2D eigenvalue weighted by Crippen LogP contribution is -2.19. The van der Waals surface area contributed by atoms with Gasteiger partial charge >= 0.3 is 6.36 Å². The van der Waals surface area contributed by atoms with E-state index in [1.165, 1.54) is 0 Å². The van der Waals surface area contributed by atoms with Crippen molar-refractivity contribution in [3.05, 3.63) is 22.5 Å². The predicted octanol–water partition coefficient (Wildman–Crippen LogP) is 3.64. The average molecular weight is 287 g/mol. The van der Waals surface area contributed by atoms with E-state index in [2.05, 4.69) is 9.72 Å². The van der Waals surface area contributed by atoms with Crippen LogP contribution in [-0.4, -0.2) is 11.3 Å². The number of nitrogens with zero attached hydrogens (tertiary/aromatic N) is 2. The molecule has 0 aliphatic rings. The summed E-state index contributed by atoms with van der Waals surface area (Å²) < 4.78 is 64.6. The van der Waals surface area contributed by atoms with Gasteiger partial charge in [0.05, 0.1) is 17.5 Å². The van der Waals surface area contributed by atoms with Gasteiger partial charge in [-0.1, -0.05) is 11.6 Å². The van der Waals surface area contributed by atoms with Crippen LogP contribution in [0.3, 0.4) is 0 Å². The molecule has 0 aliphatic heterocycles. The SMILES string of the molecule is N#CCc1cnc(C(F)F)c(OC(F)(F)F)c1Cl. The number of nitriles is 1. The lowest BCUT2D eigenvalue weighted by Gasteiger charge is -2.15. The predicted molar refractivity (Wildman–Crippen MR) is 50.2 cm³/mol. The molecule has 0 saturated heterocycles. The molecule has 0 bridgehead atoms. The van der Waals surface area contributed by atoms with Gasteiger partial charge in [-0.3, -0.25) is 4.98 Å². The standard InChI is InChI=1S/C9H4ClF5N2O/c10-5-4(1-2-16)3-17-6(8(11)12)7(5)18-9(13,14)15/h3,8H,1H2. The topological polar surface area (TPSA) is 45.9 Å². The molecule has 98 valence electrons. The third-order valence-corrected chi connectivity index (χ3v) is 2.18. The fourth-order valence-electron chi connectivity index (χ4n) is 1.10. The minimum absolute atomic E-state index is 0.122. The molecular weight excluding hydrogens is 283 g/mol. The molecule has 18 heavy (non-hydrogen) atoms. The van der Waals surface area contributed by atoms with Gasteiger partial charge in [0.15, 0.2) is 11.4 Å². The average Bonchev–Trinajstić information content (AvgIpc) is 2.22. The number of aromatic nitrogens is 1. The monoisotopic (exact) mass is 286 g/mol. The molecule has 1 heterocycles. The van der Waals surface area contributed by atoms with Crippen molar-refractivity contribution in [2.45, 2.75) is 19.2 Å². The van der Waals surface area contributed by atoms with Crippen LogP contribution in [0.5, 0.6) is 5.75 Å². The van der Waals surface area contributed by atoms with Gasteiger partial charge < -0.3 is 4.74 Å². The summed E-state index contributed by atoms with van der Waals surface area (Å²) in [5.74, 6) is -1.27. The Labute approximate surface area is 103 Å². The first-order valence-corrected chi connectivity index (χ1v) is 4.72. The van der Waals surface area contributed by atoms with E-state index in [4.69, 9.17) is 16.9 Å². The zero-order chi connectivity index (χ0) is 13.9. The van der Waals surface area contributed by atoms with Crippen LogP contribution in [0.4, 0.5) is 22.0 Å². The minimum Gasteiger partial charge on any atom is -0.402 e. The van der Waals surface area contributed by atoms with Crippen LogP contribution in [0.15, 0.2) is 6.20 Å². The van der Waals surface area contributed by atoms with Gasteiger partial charge in [0.25, 0.3) is 6.43 Å². The van der Waals surface area contributed by atoms with E-state index in [0.29, 0.717) is 0 Å². The Bertz CT molecular complexity index is 483. The molecular formula is C9H4ClF5N2O. The first-order valence-electron chi connectivity index (χ1n) is 4.34. The molecule has 0 unspecified atom stereocenters. The highest BCUT2D eigenvalue weighted by atomic mass is 35.5. The summed E-state index contributed by atoms with van der Waals surface area (Å²) in [6, 6.07) is 1.61. The summed E-state index contributed by atoms with van der Waals surface area (Å²) in [5, 5.41) is 7.70. The van der Waals surface area contributed by atoms with Crippen LogP contribution in [0.25, 0.3) is 0 Å². The van der Waals surface area contributed by atoms with E-state index >= 15 is 0 Å². The molecule has 0 radical (unpaired) electrons. The van der Waals surface area contributed by atoms with E-state index in [9.17, 15) is 22.0 Å². The number of halogens is 6. The maximum atomic E-state index is 12.5. The van der Waals surface area contributed by atoms with Crippen molar-refractivity contribution in [1.82, 2.24) is 4.98 Å². The summed E-state index contributed by atoms with van der Waals surface area (Å²) >= 11 is 5.49. The molecule has 0 spiro atoms. The third-order valence-electron chi connectivity index (χ3n) is 1.77. The van der Waals surface area contributed by atoms with Crippen molar-refractivity contribution in [2.75, 3.05) is 0 Å². The largest absolute Gasteiger partial charge is 0.573 e. The molecule has 1 aromatic rings. The molecule has 0 N–H and O–H groups in total. The van der Waals surface area contributed by atoms with Gasteiger partial charge in [0, 0.05) is 11.8 Å². The lowest BCUT2D eigenvalue weighted by atomic mass is 10.2. The van der Waals surface area contributed by atoms with E-state index in [0.717, 1.165) is 6.20 Å². The normalized spacial score (nSPS) is 11.4. The van der Waals surface area contributed by atoms with Gasteiger partial charge in [-0.2, -0.15) is 5.26 Å². The molecule has 1 aromatic heterocycles. The lowest BCUT2D eigenvalue weighted by molar-refractivity contribution is -0.275. The van der Waals surface area contributed by atoms with Gasteiger partial charge in [-0.15, -0.1) is 13.2 Å². The fraction of sp³-hybridized carbons (Fsp3) is 0.333. The van der Waals surface area contributed by atoms with E-state index in [1.807, 2.05) is 0 Å². The Morgan fingerprint density at radius 2 is 2.06 bits per heavy atom. The van der Waals surface area contributed by atoms with Gasteiger partial charge in [0.2, 0.25) is 0 Å². The number of rotatable bonds is 3. The second kappa shape index (κ2) is 5.35. The van der Waals surface area contributed by atoms with Crippen LogP contribution >= 0.6 is 11.6 Å². The Hall–Kier alpha value is -1.62. The Morgan fingerprint density at radius 1 is 1.44 bits per heavy atom. The number of hydrogen-bond donors (Lipinski definition) is 0. The number of hydrogen-bond acceptors (Lipinski definition) is 3. The van der Waals surface area contributed by atoms with Crippen molar-refractivity contribution >= 4 is 11.6 Å². The van der Waals surface area contributed by atoms with Gasteiger partial charge in [-0.05, 0) is 0 Å². The van der Waals surface area contributed by atoms with Crippen molar-refractivity contribution in [1.29, 1.82) is 5.26 Å². The molecule has 1 rings (SSSR count). The molecule has 0 fully saturated rings. The van der Waals surface area contributed by atoms with Crippen LogP contribution in [0.2, 0.25) is 5.02 Å². The number of alkyl halides is 5. The second-order valence-corrected chi connectivity index (χ2v) is 3.37. The molecule has 9 heteroatoms. The number of ether oxygens (including phenoxy) is 1. The zero-order valence-electron chi connectivity index (χ0n) is 8.43. The van der Waals surface area contributed by atoms with Crippen LogP contribution in [-0.2, 0) is 6.42 Å². The number of pyridine rings is 1. The van der Waals surface area contributed by atoms with E-state index in [1.54, 1.807) is 6.07 Å². The Morgan fingerprint density at radius 3 is 2.50 bits per heavy atom. The fourth-order valence-corrected chi connectivity index (χ4v) is 1.35. The molecule has 0 aliphatic carbocycles. The summed E-state index contributed by atoms with van der Waals surface area (Å²) in [7, 11) is 0. The maximum Gasteiger partial charge on any atom is 0.573 e. The molecule has 3 nitrogen and oxygen atoms in total.